The molecule has 1 aromatic carbocycles. The van der Waals surface area contributed by atoms with Gasteiger partial charge < -0.3 is 14.8 Å². The van der Waals surface area contributed by atoms with Crippen LogP contribution in [0.15, 0.2) is 59.5 Å². The standard InChI is InChI=1S/C24H25N5O3/c1-4-32-24(2)12-11-16-13-20(17-5-10-21(26)28(14-17)15-25)23(30)29(22(16)27-24)18-6-8-19(31-3)9-7-18/h5-15,25-27H,4H2,1-3H3/t24-/m0/s1. The number of nitrogens with one attached hydrogen (secondary N) is 3. The molecule has 4 rings (SSSR count). The first kappa shape index (κ1) is 21.3. The predicted octanol–water partition coefficient (Wildman–Crippen LogP) is 3.44. The molecule has 2 aromatic heterocycles. The van der Waals surface area contributed by atoms with E-state index < -0.39 is 5.72 Å². The van der Waals surface area contributed by atoms with Crippen molar-refractivity contribution >= 4 is 18.2 Å². The van der Waals surface area contributed by atoms with E-state index in [1.54, 1.807) is 42.1 Å². The molecule has 0 amide bonds. The molecule has 8 nitrogen and oxygen atoms in total. The summed E-state index contributed by atoms with van der Waals surface area (Å²) in [6.45, 7) is 4.34. The number of benzene rings is 1. The van der Waals surface area contributed by atoms with Crippen LogP contribution in [0, 0.1) is 10.8 Å². The van der Waals surface area contributed by atoms with Gasteiger partial charge in [0.15, 0.2) is 5.72 Å². The second-order valence-corrected chi connectivity index (χ2v) is 7.54. The molecule has 3 heterocycles. The molecule has 8 heteroatoms. The van der Waals surface area contributed by atoms with Crippen LogP contribution >= 0.6 is 0 Å². The van der Waals surface area contributed by atoms with E-state index in [2.05, 4.69) is 5.32 Å². The van der Waals surface area contributed by atoms with Crippen molar-refractivity contribution < 1.29 is 9.47 Å². The minimum atomic E-state index is -0.750. The third kappa shape index (κ3) is 3.76. The lowest BCUT2D eigenvalue weighted by atomic mass is 10.0. The fraction of sp³-hybridized carbons (Fsp3) is 0.208. The van der Waals surface area contributed by atoms with Gasteiger partial charge in [0.25, 0.3) is 5.56 Å². The summed E-state index contributed by atoms with van der Waals surface area (Å²) in [4.78, 5) is 13.8. The van der Waals surface area contributed by atoms with Crippen molar-refractivity contribution in [2.75, 3.05) is 19.0 Å². The number of nitrogens with zero attached hydrogens (tertiary/aromatic N) is 2. The lowest BCUT2D eigenvalue weighted by molar-refractivity contribution is 0.0352. The maximum absolute atomic E-state index is 13.8. The van der Waals surface area contributed by atoms with Crippen LogP contribution in [0.25, 0.3) is 22.9 Å². The zero-order valence-corrected chi connectivity index (χ0v) is 18.2. The van der Waals surface area contributed by atoms with Crippen molar-refractivity contribution in [2.24, 2.45) is 0 Å². The van der Waals surface area contributed by atoms with Crippen LogP contribution in [0.1, 0.15) is 19.4 Å². The molecule has 1 aliphatic heterocycles. The number of hydrogen-bond donors (Lipinski definition) is 3. The van der Waals surface area contributed by atoms with Crippen LogP contribution in [0.2, 0.25) is 0 Å². The molecular weight excluding hydrogens is 406 g/mol. The Morgan fingerprint density at radius 2 is 1.94 bits per heavy atom. The van der Waals surface area contributed by atoms with E-state index in [1.807, 2.05) is 44.2 Å². The van der Waals surface area contributed by atoms with E-state index in [9.17, 15) is 4.79 Å². The SMILES string of the molecule is CCO[C@@]1(C)C=Cc2cc(-c3ccc(=N)n(C=N)c3)c(=O)n(-c3ccc(OC)cc3)c2N1. The Hall–Kier alpha value is -3.91. The maximum atomic E-state index is 13.8. The van der Waals surface area contributed by atoms with Crippen LogP contribution in [-0.4, -0.2) is 34.9 Å². The maximum Gasteiger partial charge on any atom is 0.264 e. The van der Waals surface area contributed by atoms with Gasteiger partial charge >= 0.3 is 0 Å². The van der Waals surface area contributed by atoms with Crippen molar-refractivity contribution in [1.82, 2.24) is 9.13 Å². The van der Waals surface area contributed by atoms with Gasteiger partial charge in [-0.2, -0.15) is 0 Å². The number of aromatic nitrogens is 2. The van der Waals surface area contributed by atoms with Crippen LogP contribution < -0.4 is 21.1 Å². The third-order valence-corrected chi connectivity index (χ3v) is 5.38. The molecule has 1 atom stereocenters. The Morgan fingerprint density at radius 3 is 2.59 bits per heavy atom. The lowest BCUT2D eigenvalue weighted by Gasteiger charge is -2.34. The average molecular weight is 431 g/mol. The first-order valence-electron chi connectivity index (χ1n) is 10.2. The highest BCUT2D eigenvalue weighted by Crippen LogP contribution is 2.32. The molecule has 0 spiro atoms. The summed E-state index contributed by atoms with van der Waals surface area (Å²) >= 11 is 0. The van der Waals surface area contributed by atoms with E-state index in [0.717, 1.165) is 11.9 Å². The highest BCUT2D eigenvalue weighted by Gasteiger charge is 2.29. The molecule has 3 N–H and O–H groups in total. The largest absolute Gasteiger partial charge is 0.497 e. The number of hydrogen-bond acceptors (Lipinski definition) is 6. The topological polar surface area (TPSA) is 105 Å². The number of pyridine rings is 2. The monoisotopic (exact) mass is 431 g/mol. The van der Waals surface area contributed by atoms with Crippen molar-refractivity contribution in [3.8, 4) is 22.6 Å². The van der Waals surface area contributed by atoms with Gasteiger partial charge in [0.2, 0.25) is 0 Å². The number of rotatable bonds is 6. The third-order valence-electron chi connectivity index (χ3n) is 5.38. The highest BCUT2D eigenvalue weighted by atomic mass is 16.5. The molecule has 0 radical (unpaired) electrons. The van der Waals surface area contributed by atoms with Gasteiger partial charge in [0, 0.05) is 29.5 Å². The van der Waals surface area contributed by atoms with E-state index >= 15 is 0 Å². The Morgan fingerprint density at radius 1 is 1.19 bits per heavy atom. The zero-order chi connectivity index (χ0) is 22.9. The highest BCUT2D eigenvalue weighted by molar-refractivity contribution is 5.77. The minimum absolute atomic E-state index is 0.159. The van der Waals surface area contributed by atoms with Crippen LogP contribution in [0.3, 0.4) is 0 Å². The quantitative estimate of drug-likeness (QED) is 0.411. The molecule has 0 saturated heterocycles. The summed E-state index contributed by atoms with van der Waals surface area (Å²) in [5, 5.41) is 18.8. The van der Waals surface area contributed by atoms with Crippen molar-refractivity contribution in [1.29, 1.82) is 10.8 Å². The summed E-state index contributed by atoms with van der Waals surface area (Å²) in [5.41, 5.74) is 1.75. The Labute approximate surface area is 185 Å². The normalized spacial score (nSPS) is 16.8. The molecule has 0 fully saturated rings. The first-order chi connectivity index (χ1) is 15.4. The summed E-state index contributed by atoms with van der Waals surface area (Å²) in [6, 6.07) is 12.4. The van der Waals surface area contributed by atoms with Crippen LogP contribution in [-0.2, 0) is 4.74 Å². The molecule has 32 heavy (non-hydrogen) atoms. The molecule has 0 bridgehead atoms. The molecule has 0 unspecified atom stereocenters. The minimum Gasteiger partial charge on any atom is -0.497 e. The molecule has 0 saturated carbocycles. The molecule has 0 aliphatic carbocycles. The van der Waals surface area contributed by atoms with Gasteiger partial charge in [-0.1, -0.05) is 6.08 Å². The van der Waals surface area contributed by atoms with E-state index in [1.165, 1.54) is 4.57 Å². The lowest BCUT2D eigenvalue weighted by Crippen LogP contribution is -2.40. The average Bonchev–Trinajstić information content (AvgIpc) is 2.79. The summed E-state index contributed by atoms with van der Waals surface area (Å²) in [5.74, 6) is 1.32. The van der Waals surface area contributed by atoms with Crippen molar-refractivity contribution in [3.63, 3.8) is 0 Å². The number of ether oxygens (including phenoxy) is 2. The smallest absolute Gasteiger partial charge is 0.264 e. The van der Waals surface area contributed by atoms with E-state index in [-0.39, 0.29) is 11.0 Å². The van der Waals surface area contributed by atoms with Crippen molar-refractivity contribution in [3.05, 3.63) is 76.1 Å². The summed E-state index contributed by atoms with van der Waals surface area (Å²) in [6.07, 6.45) is 6.52. The Bertz CT molecular complexity index is 1320. The first-order valence-corrected chi connectivity index (χ1v) is 10.2. The number of methoxy groups -OCH3 is 1. The van der Waals surface area contributed by atoms with Crippen LogP contribution in [0.5, 0.6) is 5.75 Å². The number of anilines is 1. The van der Waals surface area contributed by atoms with Gasteiger partial charge in [0.1, 0.15) is 17.1 Å². The van der Waals surface area contributed by atoms with E-state index in [4.69, 9.17) is 20.3 Å². The molecule has 1 aliphatic rings. The van der Waals surface area contributed by atoms with Gasteiger partial charge in [0.05, 0.1) is 19.1 Å². The van der Waals surface area contributed by atoms with Gasteiger partial charge in [-0.25, -0.2) is 0 Å². The fourth-order valence-corrected chi connectivity index (χ4v) is 3.77. The Balaban J connectivity index is 1.99. The Kier molecular flexibility index (Phi) is 5.54. The number of fused-ring (bicyclic) bond motifs is 1. The van der Waals surface area contributed by atoms with E-state index in [0.29, 0.717) is 35.0 Å². The van der Waals surface area contributed by atoms with Gasteiger partial charge in [-0.3, -0.25) is 24.7 Å². The second-order valence-electron chi connectivity index (χ2n) is 7.54. The summed E-state index contributed by atoms with van der Waals surface area (Å²) < 4.78 is 14.1. The van der Waals surface area contributed by atoms with Gasteiger partial charge in [-0.05, 0) is 62.4 Å². The second kappa shape index (κ2) is 8.32. The van der Waals surface area contributed by atoms with Crippen molar-refractivity contribution in [2.45, 2.75) is 19.6 Å². The predicted molar refractivity (Wildman–Crippen MR) is 125 cm³/mol. The molecule has 164 valence electrons. The molecule has 3 aromatic rings. The van der Waals surface area contributed by atoms with Gasteiger partial charge in [-0.15, -0.1) is 0 Å². The fourth-order valence-electron chi connectivity index (χ4n) is 3.77. The summed E-state index contributed by atoms with van der Waals surface area (Å²) in [7, 11) is 1.60. The molecular formula is C24H25N5O3. The van der Waals surface area contributed by atoms with Crippen LogP contribution in [0.4, 0.5) is 5.82 Å². The zero-order valence-electron chi connectivity index (χ0n) is 18.2.